The van der Waals surface area contributed by atoms with Gasteiger partial charge in [-0.2, -0.15) is 17.8 Å². The Morgan fingerprint density at radius 2 is 2.09 bits per heavy atom. The molecule has 1 aliphatic heterocycles. The van der Waals surface area contributed by atoms with Gasteiger partial charge in [-0.1, -0.05) is 18.5 Å². The predicted molar refractivity (Wildman–Crippen MR) is 88.6 cm³/mol. The topological polar surface area (TPSA) is 79.6 Å². The van der Waals surface area contributed by atoms with Crippen LogP contribution >= 0.6 is 11.6 Å². The van der Waals surface area contributed by atoms with E-state index in [0.717, 1.165) is 18.4 Å². The Morgan fingerprint density at radius 1 is 1.35 bits per heavy atom. The maximum Gasteiger partial charge on any atom is 0.279 e. The molecule has 0 atom stereocenters. The minimum absolute atomic E-state index is 0.330. The quantitative estimate of drug-likeness (QED) is 0.879. The van der Waals surface area contributed by atoms with Gasteiger partial charge in [-0.15, -0.1) is 0 Å². The van der Waals surface area contributed by atoms with E-state index < -0.39 is 10.2 Å². The molecular weight excluding hydrogens is 338 g/mol. The monoisotopic (exact) mass is 357 g/mol. The minimum atomic E-state index is -3.40. The zero-order valence-corrected chi connectivity index (χ0v) is 14.5. The van der Waals surface area contributed by atoms with Crippen LogP contribution in [-0.2, 0) is 16.6 Å². The maximum atomic E-state index is 12.3. The molecule has 0 aromatic carbocycles. The second-order valence-electron chi connectivity index (χ2n) is 5.95. The molecule has 0 saturated carbocycles. The fourth-order valence-electron chi connectivity index (χ4n) is 2.65. The van der Waals surface area contributed by atoms with Crippen LogP contribution in [0.3, 0.4) is 0 Å². The molecule has 2 aromatic heterocycles. The van der Waals surface area contributed by atoms with E-state index in [1.54, 1.807) is 10.7 Å². The molecule has 0 aliphatic carbocycles. The van der Waals surface area contributed by atoms with E-state index in [1.165, 1.54) is 10.5 Å². The summed E-state index contributed by atoms with van der Waals surface area (Å²) in [6, 6.07) is 0. The summed E-state index contributed by atoms with van der Waals surface area (Å²) in [4.78, 5) is 4.23. The highest BCUT2D eigenvalue weighted by atomic mass is 35.5. The zero-order valence-electron chi connectivity index (χ0n) is 12.9. The SMILES string of the molecule is CC1CCN(S(=O)(=O)NCCc2cnc3c(Cl)cnn3c2)CC1. The predicted octanol–water partition coefficient (Wildman–Crippen LogP) is 1.49. The van der Waals surface area contributed by atoms with Crippen LogP contribution in [0.25, 0.3) is 5.65 Å². The van der Waals surface area contributed by atoms with Gasteiger partial charge in [-0.25, -0.2) is 14.2 Å². The molecule has 9 heteroatoms. The van der Waals surface area contributed by atoms with Crippen molar-refractivity contribution in [2.24, 2.45) is 5.92 Å². The molecule has 0 spiro atoms. The van der Waals surface area contributed by atoms with E-state index in [9.17, 15) is 8.42 Å². The Morgan fingerprint density at radius 3 is 2.83 bits per heavy atom. The van der Waals surface area contributed by atoms with Crippen LogP contribution in [0.4, 0.5) is 0 Å². The normalized spacial score (nSPS) is 17.8. The summed E-state index contributed by atoms with van der Waals surface area (Å²) in [5.74, 6) is 0.597. The number of hydrogen-bond donors (Lipinski definition) is 1. The summed E-state index contributed by atoms with van der Waals surface area (Å²) in [5.41, 5.74) is 1.49. The van der Waals surface area contributed by atoms with Crippen LogP contribution in [0, 0.1) is 5.92 Å². The number of hydrogen-bond acceptors (Lipinski definition) is 4. The van der Waals surface area contributed by atoms with Gasteiger partial charge in [0.1, 0.15) is 5.02 Å². The van der Waals surface area contributed by atoms with Crippen LogP contribution in [0.15, 0.2) is 18.6 Å². The number of fused-ring (bicyclic) bond motifs is 1. The highest BCUT2D eigenvalue weighted by Gasteiger charge is 2.25. The van der Waals surface area contributed by atoms with Crippen LogP contribution in [0.1, 0.15) is 25.3 Å². The van der Waals surface area contributed by atoms with Crippen molar-refractivity contribution in [1.82, 2.24) is 23.6 Å². The molecule has 126 valence electrons. The molecule has 1 N–H and O–H groups in total. The third-order valence-electron chi connectivity index (χ3n) is 4.15. The molecule has 3 heterocycles. The molecule has 0 amide bonds. The smallest absolute Gasteiger partial charge is 0.235 e. The van der Waals surface area contributed by atoms with Crippen molar-refractivity contribution in [3.8, 4) is 0 Å². The van der Waals surface area contributed by atoms with Gasteiger partial charge in [0.05, 0.1) is 6.20 Å². The van der Waals surface area contributed by atoms with E-state index in [2.05, 4.69) is 21.7 Å². The lowest BCUT2D eigenvalue weighted by atomic mass is 10.0. The summed E-state index contributed by atoms with van der Waals surface area (Å²) >= 11 is 5.94. The van der Waals surface area contributed by atoms with Crippen LogP contribution < -0.4 is 4.72 Å². The summed E-state index contributed by atoms with van der Waals surface area (Å²) in [7, 11) is -3.40. The maximum absolute atomic E-state index is 12.3. The Labute approximate surface area is 140 Å². The molecule has 0 unspecified atom stereocenters. The molecule has 0 bridgehead atoms. The molecule has 3 rings (SSSR count). The van der Waals surface area contributed by atoms with Gasteiger partial charge in [-0.05, 0) is 30.7 Å². The first-order chi connectivity index (χ1) is 11.0. The van der Waals surface area contributed by atoms with Crippen molar-refractivity contribution in [3.63, 3.8) is 0 Å². The van der Waals surface area contributed by atoms with Gasteiger partial charge in [0.15, 0.2) is 5.65 Å². The number of nitrogens with zero attached hydrogens (tertiary/aromatic N) is 4. The second kappa shape index (κ2) is 6.72. The third-order valence-corrected chi connectivity index (χ3v) is 6.03. The average molecular weight is 358 g/mol. The summed E-state index contributed by atoms with van der Waals surface area (Å²) in [6.45, 7) is 3.67. The lowest BCUT2D eigenvalue weighted by Gasteiger charge is -2.29. The van der Waals surface area contributed by atoms with Crippen LogP contribution in [0.2, 0.25) is 5.02 Å². The number of halogens is 1. The van der Waals surface area contributed by atoms with E-state index >= 15 is 0 Å². The molecule has 1 fully saturated rings. The first-order valence-corrected chi connectivity index (χ1v) is 9.50. The van der Waals surface area contributed by atoms with Gasteiger partial charge in [0, 0.05) is 32.0 Å². The van der Waals surface area contributed by atoms with Crippen molar-refractivity contribution in [2.45, 2.75) is 26.2 Å². The summed E-state index contributed by atoms with van der Waals surface area (Å²) < 4.78 is 30.3. The highest BCUT2D eigenvalue weighted by Crippen LogP contribution is 2.18. The third kappa shape index (κ3) is 3.82. The molecule has 1 aliphatic rings. The van der Waals surface area contributed by atoms with Gasteiger partial charge in [-0.3, -0.25) is 0 Å². The Hall–Kier alpha value is -1.22. The van der Waals surface area contributed by atoms with Crippen molar-refractivity contribution < 1.29 is 8.42 Å². The van der Waals surface area contributed by atoms with E-state index in [4.69, 9.17) is 11.6 Å². The van der Waals surface area contributed by atoms with Gasteiger partial charge >= 0.3 is 0 Å². The van der Waals surface area contributed by atoms with Gasteiger partial charge in [0.25, 0.3) is 10.2 Å². The Bertz CT molecular complexity index is 784. The largest absolute Gasteiger partial charge is 0.279 e. The average Bonchev–Trinajstić information content (AvgIpc) is 2.88. The number of nitrogens with one attached hydrogen (secondary N) is 1. The highest BCUT2D eigenvalue weighted by molar-refractivity contribution is 7.87. The first kappa shape index (κ1) is 16.6. The molecule has 7 nitrogen and oxygen atoms in total. The first-order valence-electron chi connectivity index (χ1n) is 7.68. The fourth-order valence-corrected chi connectivity index (χ4v) is 4.07. The van der Waals surface area contributed by atoms with E-state index in [1.807, 2.05) is 6.20 Å². The molecule has 1 saturated heterocycles. The summed E-state index contributed by atoms with van der Waals surface area (Å²) in [6.07, 6.45) is 7.42. The van der Waals surface area contributed by atoms with Crippen molar-refractivity contribution in [2.75, 3.05) is 19.6 Å². The molecule has 23 heavy (non-hydrogen) atoms. The Balaban J connectivity index is 1.57. The van der Waals surface area contributed by atoms with E-state index in [0.29, 0.717) is 42.6 Å². The standard InChI is InChI=1S/C14H20ClN5O2S/c1-11-3-6-19(7-4-11)23(21,22)18-5-2-12-8-16-14-13(15)9-17-20(14)10-12/h8-11,18H,2-7H2,1H3. The summed E-state index contributed by atoms with van der Waals surface area (Å²) in [5, 5.41) is 4.59. The lowest BCUT2D eigenvalue weighted by molar-refractivity contribution is 0.285. The molecule has 2 aromatic rings. The lowest BCUT2D eigenvalue weighted by Crippen LogP contribution is -2.45. The number of rotatable bonds is 5. The Kier molecular flexibility index (Phi) is 4.86. The van der Waals surface area contributed by atoms with Crippen LogP contribution in [-0.4, -0.2) is 47.0 Å². The van der Waals surface area contributed by atoms with Crippen molar-refractivity contribution >= 4 is 27.5 Å². The molecule has 0 radical (unpaired) electrons. The van der Waals surface area contributed by atoms with Gasteiger partial charge < -0.3 is 0 Å². The van der Waals surface area contributed by atoms with Gasteiger partial charge in [0.2, 0.25) is 0 Å². The molecular formula is C14H20ClN5O2S. The zero-order chi connectivity index (χ0) is 16.4. The van der Waals surface area contributed by atoms with E-state index in [-0.39, 0.29) is 0 Å². The minimum Gasteiger partial charge on any atom is -0.235 e. The van der Waals surface area contributed by atoms with Crippen LogP contribution in [0.5, 0.6) is 0 Å². The number of aromatic nitrogens is 3. The van der Waals surface area contributed by atoms with Crippen molar-refractivity contribution in [1.29, 1.82) is 0 Å². The fraction of sp³-hybridized carbons (Fsp3) is 0.571. The second-order valence-corrected chi connectivity index (χ2v) is 8.12. The van der Waals surface area contributed by atoms with Crippen molar-refractivity contribution in [3.05, 3.63) is 29.2 Å². The number of piperidine rings is 1.